The van der Waals surface area contributed by atoms with Crippen molar-refractivity contribution in [2.24, 2.45) is 0 Å². The van der Waals surface area contributed by atoms with Crippen molar-refractivity contribution in [3.05, 3.63) is 90.6 Å². The number of benzene rings is 2. The van der Waals surface area contributed by atoms with Gasteiger partial charge in [-0.1, -0.05) is 60.7 Å². The molecule has 0 aliphatic heterocycles. The first kappa shape index (κ1) is 12.8. The molecule has 0 bridgehead atoms. The zero-order valence-electron chi connectivity index (χ0n) is 12.2. The van der Waals surface area contributed by atoms with E-state index in [4.69, 9.17) is 0 Å². The highest BCUT2D eigenvalue weighted by Gasteiger charge is 2.11. The van der Waals surface area contributed by atoms with Crippen LogP contribution in [0.4, 0.5) is 0 Å². The summed E-state index contributed by atoms with van der Waals surface area (Å²) in [6, 6.07) is 27.4. The van der Waals surface area contributed by atoms with E-state index in [1.807, 2.05) is 18.3 Å². The normalized spacial score (nSPS) is 10.9. The molecule has 0 spiro atoms. The highest BCUT2D eigenvalue weighted by atomic mass is 15.0. The van der Waals surface area contributed by atoms with Crippen LogP contribution >= 0.6 is 0 Å². The molecule has 0 saturated carbocycles. The summed E-state index contributed by atoms with van der Waals surface area (Å²) in [5.74, 6) is 0. The van der Waals surface area contributed by atoms with E-state index in [1.54, 1.807) is 0 Å². The van der Waals surface area contributed by atoms with E-state index in [0.717, 1.165) is 12.1 Å². The van der Waals surface area contributed by atoms with Gasteiger partial charge >= 0.3 is 0 Å². The fraction of sp³-hybridized carbons (Fsp3) is 0.0500. The van der Waals surface area contributed by atoms with Gasteiger partial charge in [0.1, 0.15) is 0 Å². The summed E-state index contributed by atoms with van der Waals surface area (Å²) in [6.45, 7) is 0.847. The summed E-state index contributed by atoms with van der Waals surface area (Å²) >= 11 is 0. The summed E-state index contributed by atoms with van der Waals surface area (Å²) < 4.78 is 2.34. The van der Waals surface area contributed by atoms with Crippen molar-refractivity contribution in [2.45, 2.75) is 6.54 Å². The van der Waals surface area contributed by atoms with E-state index in [1.165, 1.54) is 22.3 Å². The van der Waals surface area contributed by atoms with Crippen molar-refractivity contribution in [2.75, 3.05) is 0 Å². The quantitative estimate of drug-likeness (QED) is 0.531. The van der Waals surface area contributed by atoms with Gasteiger partial charge in [0.25, 0.3) is 0 Å². The predicted molar refractivity (Wildman–Crippen MR) is 90.7 cm³/mol. The maximum absolute atomic E-state index is 4.51. The van der Waals surface area contributed by atoms with Crippen LogP contribution in [0.2, 0.25) is 0 Å². The van der Waals surface area contributed by atoms with Crippen molar-refractivity contribution >= 4 is 11.0 Å². The van der Waals surface area contributed by atoms with Crippen LogP contribution in [0.15, 0.2) is 85.1 Å². The molecule has 2 nitrogen and oxygen atoms in total. The smallest absolute Gasteiger partial charge is 0.0887 e. The van der Waals surface area contributed by atoms with Gasteiger partial charge in [0.05, 0.1) is 16.7 Å². The minimum atomic E-state index is 0.847. The Morgan fingerprint density at radius 1 is 0.773 bits per heavy atom. The summed E-state index contributed by atoms with van der Waals surface area (Å²) in [7, 11) is 0. The van der Waals surface area contributed by atoms with Gasteiger partial charge in [0.15, 0.2) is 0 Å². The van der Waals surface area contributed by atoms with E-state index in [9.17, 15) is 0 Å². The molecular weight excluding hydrogens is 268 g/mol. The fourth-order valence-corrected chi connectivity index (χ4v) is 2.87. The molecule has 0 unspecified atom stereocenters. The highest BCUT2D eigenvalue weighted by molar-refractivity contribution is 5.83. The van der Waals surface area contributed by atoms with Crippen LogP contribution in [-0.2, 0) is 6.54 Å². The third-order valence-corrected chi connectivity index (χ3v) is 3.92. The largest absolute Gasteiger partial charge is 0.335 e. The Morgan fingerprint density at radius 2 is 1.50 bits per heavy atom. The topological polar surface area (TPSA) is 17.8 Å². The lowest BCUT2D eigenvalue weighted by Crippen LogP contribution is -2.01. The van der Waals surface area contributed by atoms with Crippen LogP contribution < -0.4 is 0 Å². The summed E-state index contributed by atoms with van der Waals surface area (Å²) in [4.78, 5) is 4.51. The van der Waals surface area contributed by atoms with Gasteiger partial charge in [-0.2, -0.15) is 0 Å². The lowest BCUT2D eigenvalue weighted by molar-refractivity contribution is 0.844. The van der Waals surface area contributed by atoms with Crippen molar-refractivity contribution in [1.29, 1.82) is 0 Å². The first-order chi connectivity index (χ1) is 10.9. The number of hydrogen-bond acceptors (Lipinski definition) is 1. The van der Waals surface area contributed by atoms with E-state index < -0.39 is 0 Å². The third-order valence-electron chi connectivity index (χ3n) is 3.92. The van der Waals surface area contributed by atoms with Gasteiger partial charge < -0.3 is 4.57 Å². The molecule has 0 radical (unpaired) electrons. The molecule has 0 fully saturated rings. The van der Waals surface area contributed by atoms with Gasteiger partial charge in [-0.05, 0) is 29.3 Å². The van der Waals surface area contributed by atoms with Crippen molar-refractivity contribution in [3.63, 3.8) is 0 Å². The maximum atomic E-state index is 4.51. The lowest BCUT2D eigenvalue weighted by atomic mass is 10.1. The monoisotopic (exact) mass is 284 g/mol. The molecule has 0 aliphatic rings. The van der Waals surface area contributed by atoms with Gasteiger partial charge in [-0.15, -0.1) is 0 Å². The average molecular weight is 284 g/mol. The number of rotatable bonds is 3. The summed E-state index contributed by atoms with van der Waals surface area (Å²) in [6.07, 6.45) is 1.85. The maximum Gasteiger partial charge on any atom is 0.0887 e. The number of fused-ring (bicyclic) bond motifs is 1. The molecule has 0 amide bonds. The molecule has 0 N–H and O–H groups in total. The second kappa shape index (κ2) is 5.49. The lowest BCUT2D eigenvalue weighted by Gasteiger charge is -2.11. The van der Waals surface area contributed by atoms with E-state index in [0.29, 0.717) is 0 Å². The molecule has 2 heterocycles. The predicted octanol–water partition coefficient (Wildman–Crippen LogP) is 4.75. The van der Waals surface area contributed by atoms with E-state index in [2.05, 4.69) is 76.3 Å². The number of nitrogens with zero attached hydrogens (tertiary/aromatic N) is 2. The van der Waals surface area contributed by atoms with Crippen LogP contribution in [0, 0.1) is 0 Å². The molecule has 4 aromatic rings. The van der Waals surface area contributed by atoms with Gasteiger partial charge in [-0.3, -0.25) is 4.98 Å². The molecule has 106 valence electrons. The Balaban J connectivity index is 1.91. The molecular formula is C20H16N2. The van der Waals surface area contributed by atoms with Gasteiger partial charge in [-0.25, -0.2) is 0 Å². The number of aromatic nitrogens is 2. The second-order valence-corrected chi connectivity index (χ2v) is 5.38. The van der Waals surface area contributed by atoms with Crippen molar-refractivity contribution in [3.8, 4) is 11.3 Å². The van der Waals surface area contributed by atoms with Gasteiger partial charge in [0, 0.05) is 12.7 Å². The van der Waals surface area contributed by atoms with Crippen LogP contribution in [0.1, 0.15) is 5.56 Å². The first-order valence-corrected chi connectivity index (χ1v) is 7.45. The van der Waals surface area contributed by atoms with E-state index >= 15 is 0 Å². The summed E-state index contributed by atoms with van der Waals surface area (Å²) in [5, 5.41) is 0. The molecule has 4 rings (SSSR count). The molecule has 22 heavy (non-hydrogen) atoms. The van der Waals surface area contributed by atoms with Crippen molar-refractivity contribution in [1.82, 2.24) is 9.55 Å². The second-order valence-electron chi connectivity index (χ2n) is 5.38. The molecule has 0 saturated heterocycles. The zero-order chi connectivity index (χ0) is 14.8. The molecule has 2 heteroatoms. The Morgan fingerprint density at radius 3 is 2.27 bits per heavy atom. The Labute approximate surface area is 129 Å². The van der Waals surface area contributed by atoms with Gasteiger partial charge in [0.2, 0.25) is 0 Å². The van der Waals surface area contributed by atoms with Crippen LogP contribution in [0.5, 0.6) is 0 Å². The molecule has 0 atom stereocenters. The standard InChI is InChI=1S/C20H16N2/c1-3-8-16(9-4-1)15-22-19-12-7-13-21-18(19)14-20(22)17-10-5-2-6-11-17/h1-14H,15H2. The Bertz CT molecular complexity index is 893. The summed E-state index contributed by atoms with van der Waals surface area (Å²) in [5.41, 5.74) is 5.93. The molecule has 0 aliphatic carbocycles. The first-order valence-electron chi connectivity index (χ1n) is 7.45. The number of hydrogen-bond donors (Lipinski definition) is 0. The molecule has 2 aromatic carbocycles. The SMILES string of the molecule is c1ccc(Cn2c(-c3ccccc3)cc3ncccc32)cc1. The average Bonchev–Trinajstić information content (AvgIpc) is 2.95. The fourth-order valence-electron chi connectivity index (χ4n) is 2.87. The minimum Gasteiger partial charge on any atom is -0.335 e. The third kappa shape index (κ3) is 2.29. The Kier molecular flexibility index (Phi) is 3.20. The van der Waals surface area contributed by atoms with E-state index in [-0.39, 0.29) is 0 Å². The highest BCUT2D eigenvalue weighted by Crippen LogP contribution is 2.27. The zero-order valence-corrected chi connectivity index (χ0v) is 12.2. The minimum absolute atomic E-state index is 0.847. The van der Waals surface area contributed by atoms with Crippen LogP contribution in [0.3, 0.4) is 0 Å². The van der Waals surface area contributed by atoms with Crippen LogP contribution in [0.25, 0.3) is 22.3 Å². The Hall–Kier alpha value is -2.87. The number of pyridine rings is 1. The van der Waals surface area contributed by atoms with Crippen LogP contribution in [-0.4, -0.2) is 9.55 Å². The van der Waals surface area contributed by atoms with Crippen molar-refractivity contribution < 1.29 is 0 Å². The molecule has 2 aromatic heterocycles.